The van der Waals surface area contributed by atoms with Crippen molar-refractivity contribution in [3.8, 4) is 5.75 Å². The van der Waals surface area contributed by atoms with Gasteiger partial charge in [-0.1, -0.05) is 12.1 Å². The van der Waals surface area contributed by atoms with E-state index < -0.39 is 24.9 Å². The monoisotopic (exact) mass is 336 g/mol. The first-order chi connectivity index (χ1) is 8.14. The molecule has 0 aliphatic rings. The van der Waals surface area contributed by atoms with Crippen molar-refractivity contribution in [1.29, 1.82) is 0 Å². The summed E-state index contributed by atoms with van der Waals surface area (Å²) >= 11 is 2.95. The number of benzene rings is 1. The fourth-order valence-corrected chi connectivity index (χ4v) is 1.45. The van der Waals surface area contributed by atoms with Crippen LogP contribution >= 0.6 is 15.9 Å². The molecule has 1 aromatic rings. The molecule has 1 nitrogen and oxygen atoms in total. The van der Waals surface area contributed by atoms with Gasteiger partial charge in [0.1, 0.15) is 5.75 Å². The molecule has 102 valence electrons. The molecule has 0 spiro atoms. The van der Waals surface area contributed by atoms with E-state index in [2.05, 4.69) is 20.7 Å². The Morgan fingerprint density at radius 1 is 1.11 bits per heavy atom. The standard InChI is InChI=1S/C10H7BrF6O/c11-6-3-1-2-4-7(6)18-5-9(13,14)8(12)10(15,16)17/h1-4,8H,5H2/t8-/m1/s1. The first kappa shape index (κ1) is 15.1. The molecular formula is C10H7BrF6O. The zero-order valence-corrected chi connectivity index (χ0v) is 10.2. The molecule has 0 N–H and O–H groups in total. The van der Waals surface area contributed by atoms with Crippen LogP contribution in [0.25, 0.3) is 0 Å². The van der Waals surface area contributed by atoms with Crippen LogP contribution in [0.15, 0.2) is 28.7 Å². The highest BCUT2D eigenvalue weighted by Gasteiger charge is 2.57. The van der Waals surface area contributed by atoms with Crippen molar-refractivity contribution in [3.63, 3.8) is 0 Å². The number of ether oxygens (including phenoxy) is 1. The molecule has 0 bridgehead atoms. The van der Waals surface area contributed by atoms with E-state index in [0.717, 1.165) is 0 Å². The van der Waals surface area contributed by atoms with Gasteiger partial charge in [0.25, 0.3) is 6.17 Å². The van der Waals surface area contributed by atoms with E-state index in [-0.39, 0.29) is 10.2 Å². The number of para-hydroxylation sites is 1. The zero-order chi connectivity index (χ0) is 14.0. The Morgan fingerprint density at radius 3 is 2.17 bits per heavy atom. The Hall–Kier alpha value is -0.920. The molecule has 0 aromatic heterocycles. The highest BCUT2D eigenvalue weighted by Crippen LogP contribution is 2.35. The quantitative estimate of drug-likeness (QED) is 0.742. The number of alkyl halides is 6. The minimum atomic E-state index is -5.62. The fraction of sp³-hybridized carbons (Fsp3) is 0.400. The Labute approximate surface area is 107 Å². The second-order valence-corrected chi connectivity index (χ2v) is 4.24. The molecule has 0 saturated carbocycles. The molecule has 1 aromatic carbocycles. The average molecular weight is 337 g/mol. The maximum Gasteiger partial charge on any atom is 0.425 e. The largest absolute Gasteiger partial charge is 0.486 e. The van der Waals surface area contributed by atoms with E-state index in [1.54, 1.807) is 6.07 Å². The summed E-state index contributed by atoms with van der Waals surface area (Å²) in [6.45, 7) is -1.70. The highest BCUT2D eigenvalue weighted by molar-refractivity contribution is 9.10. The minimum absolute atomic E-state index is 0.0912. The van der Waals surface area contributed by atoms with Gasteiger partial charge in [-0.05, 0) is 28.1 Å². The summed E-state index contributed by atoms with van der Waals surface area (Å²) in [6, 6.07) is 5.71. The van der Waals surface area contributed by atoms with Gasteiger partial charge in [0.2, 0.25) is 0 Å². The molecule has 0 unspecified atom stereocenters. The van der Waals surface area contributed by atoms with Crippen LogP contribution < -0.4 is 4.74 Å². The van der Waals surface area contributed by atoms with Gasteiger partial charge in [0.15, 0.2) is 6.61 Å². The Kier molecular flexibility index (Phi) is 4.52. The maximum absolute atomic E-state index is 12.9. The van der Waals surface area contributed by atoms with E-state index in [1.807, 2.05) is 0 Å². The third kappa shape index (κ3) is 3.79. The fourth-order valence-electron chi connectivity index (χ4n) is 1.05. The molecule has 0 saturated heterocycles. The second kappa shape index (κ2) is 5.38. The smallest absolute Gasteiger partial charge is 0.425 e. The van der Waals surface area contributed by atoms with Crippen LogP contribution in [0, 0.1) is 0 Å². The molecule has 0 radical (unpaired) electrons. The summed E-state index contributed by atoms with van der Waals surface area (Å²) in [5.74, 6) is -4.74. The third-order valence-electron chi connectivity index (χ3n) is 1.91. The van der Waals surface area contributed by atoms with Gasteiger partial charge in [-0.2, -0.15) is 22.0 Å². The predicted molar refractivity (Wildman–Crippen MR) is 55.5 cm³/mol. The van der Waals surface area contributed by atoms with Gasteiger partial charge < -0.3 is 4.74 Å². The maximum atomic E-state index is 12.9. The molecule has 0 heterocycles. The van der Waals surface area contributed by atoms with Gasteiger partial charge >= 0.3 is 12.1 Å². The van der Waals surface area contributed by atoms with Gasteiger partial charge in [-0.15, -0.1) is 0 Å². The van der Waals surface area contributed by atoms with E-state index in [9.17, 15) is 26.3 Å². The van der Waals surface area contributed by atoms with Crippen molar-refractivity contribution in [2.24, 2.45) is 0 Å². The highest BCUT2D eigenvalue weighted by atomic mass is 79.9. The van der Waals surface area contributed by atoms with Crippen LogP contribution in [0.2, 0.25) is 0 Å². The summed E-state index contributed by atoms with van der Waals surface area (Å²) in [4.78, 5) is 0. The van der Waals surface area contributed by atoms with Crippen molar-refractivity contribution < 1.29 is 31.1 Å². The van der Waals surface area contributed by atoms with Crippen LogP contribution in [0.1, 0.15) is 0 Å². The first-order valence-electron chi connectivity index (χ1n) is 4.60. The summed E-state index contributed by atoms with van der Waals surface area (Å²) in [5.41, 5.74) is 0. The minimum Gasteiger partial charge on any atom is -0.486 e. The first-order valence-corrected chi connectivity index (χ1v) is 5.40. The summed E-state index contributed by atoms with van der Waals surface area (Å²) in [7, 11) is 0. The molecule has 18 heavy (non-hydrogen) atoms. The zero-order valence-electron chi connectivity index (χ0n) is 8.65. The van der Waals surface area contributed by atoms with Gasteiger partial charge in [-0.3, -0.25) is 0 Å². The van der Waals surface area contributed by atoms with Crippen LogP contribution in [-0.4, -0.2) is 24.9 Å². The van der Waals surface area contributed by atoms with E-state index in [4.69, 9.17) is 0 Å². The number of hydrogen-bond donors (Lipinski definition) is 0. The van der Waals surface area contributed by atoms with E-state index >= 15 is 0 Å². The lowest BCUT2D eigenvalue weighted by molar-refractivity contribution is -0.250. The predicted octanol–water partition coefficient (Wildman–Crippen LogP) is 4.36. The normalized spacial score (nSPS) is 14.4. The van der Waals surface area contributed by atoms with Crippen LogP contribution in [-0.2, 0) is 0 Å². The van der Waals surface area contributed by atoms with Crippen molar-refractivity contribution in [2.45, 2.75) is 18.3 Å². The Bertz CT molecular complexity index is 406. The molecule has 8 heteroatoms. The lowest BCUT2D eigenvalue weighted by atomic mass is 10.2. The molecule has 0 amide bonds. The lowest BCUT2D eigenvalue weighted by Crippen LogP contribution is -2.45. The van der Waals surface area contributed by atoms with Gasteiger partial charge in [0.05, 0.1) is 4.47 Å². The van der Waals surface area contributed by atoms with Crippen LogP contribution in [0.4, 0.5) is 26.3 Å². The van der Waals surface area contributed by atoms with E-state index in [1.165, 1.54) is 18.2 Å². The SMILES string of the molecule is F[C@@H](C(F)(F)F)C(F)(F)COc1ccccc1Br. The number of rotatable bonds is 4. The molecule has 0 aliphatic carbocycles. The lowest BCUT2D eigenvalue weighted by Gasteiger charge is -2.22. The molecular weight excluding hydrogens is 330 g/mol. The van der Waals surface area contributed by atoms with Gasteiger partial charge in [-0.25, -0.2) is 4.39 Å². The van der Waals surface area contributed by atoms with Crippen molar-refractivity contribution in [3.05, 3.63) is 28.7 Å². The van der Waals surface area contributed by atoms with Crippen LogP contribution in [0.3, 0.4) is 0 Å². The topological polar surface area (TPSA) is 9.23 Å². The molecule has 0 fully saturated rings. The Morgan fingerprint density at radius 2 is 1.67 bits per heavy atom. The Balaban J connectivity index is 2.71. The van der Waals surface area contributed by atoms with Crippen molar-refractivity contribution in [1.82, 2.24) is 0 Å². The summed E-state index contributed by atoms with van der Waals surface area (Å²) < 4.78 is 78.6. The second-order valence-electron chi connectivity index (χ2n) is 3.38. The number of halogens is 7. The average Bonchev–Trinajstić information content (AvgIpc) is 2.26. The molecule has 0 aliphatic heterocycles. The van der Waals surface area contributed by atoms with Crippen molar-refractivity contribution >= 4 is 15.9 Å². The van der Waals surface area contributed by atoms with Crippen molar-refractivity contribution in [2.75, 3.05) is 6.61 Å². The third-order valence-corrected chi connectivity index (χ3v) is 2.57. The van der Waals surface area contributed by atoms with E-state index in [0.29, 0.717) is 0 Å². The molecule has 1 rings (SSSR count). The summed E-state index contributed by atoms with van der Waals surface area (Å²) in [5, 5.41) is 0. The summed E-state index contributed by atoms with van der Waals surface area (Å²) in [6.07, 6.45) is -9.88. The van der Waals surface area contributed by atoms with Gasteiger partial charge in [0, 0.05) is 0 Å². The molecule has 1 atom stereocenters. The number of hydrogen-bond acceptors (Lipinski definition) is 1. The van der Waals surface area contributed by atoms with Crippen LogP contribution in [0.5, 0.6) is 5.75 Å².